The van der Waals surface area contributed by atoms with E-state index in [4.69, 9.17) is 4.74 Å². The molecule has 0 saturated heterocycles. The smallest absolute Gasteiger partial charge is 0.334 e. The number of benzene rings is 1. The minimum Gasteiger partial charge on any atom is -0.466 e. The van der Waals surface area contributed by atoms with Crippen LogP contribution in [0.25, 0.3) is 6.08 Å². The van der Waals surface area contributed by atoms with E-state index in [0.717, 1.165) is 5.56 Å². The molecule has 1 aromatic carbocycles. The molecule has 0 aromatic heterocycles. The number of ether oxygens (including phenoxy) is 2. The zero-order chi connectivity index (χ0) is 14.8. The lowest BCUT2D eigenvalue weighted by Crippen LogP contribution is -2.04. The molecule has 4 heteroatoms. The van der Waals surface area contributed by atoms with Crippen molar-refractivity contribution in [2.45, 2.75) is 13.3 Å². The van der Waals surface area contributed by atoms with E-state index in [9.17, 15) is 9.59 Å². The second-order valence-electron chi connectivity index (χ2n) is 3.88. The summed E-state index contributed by atoms with van der Waals surface area (Å²) in [6.45, 7) is 1.34. The largest absolute Gasteiger partial charge is 0.466 e. The van der Waals surface area contributed by atoms with Gasteiger partial charge in [0.05, 0.1) is 7.11 Å². The maximum atomic E-state index is 11.6. The van der Waals surface area contributed by atoms with Gasteiger partial charge in [-0.1, -0.05) is 42.2 Å². The summed E-state index contributed by atoms with van der Waals surface area (Å²) in [6.07, 6.45) is 1.97. The Balaban J connectivity index is 2.73. The molecule has 0 N–H and O–H groups in total. The number of rotatable bonds is 4. The summed E-state index contributed by atoms with van der Waals surface area (Å²) in [5.41, 5.74) is 1.35. The number of hydrogen-bond donors (Lipinski definition) is 0. The second-order valence-corrected chi connectivity index (χ2v) is 3.88. The van der Waals surface area contributed by atoms with E-state index in [-0.39, 0.29) is 19.0 Å². The Morgan fingerprint density at radius 1 is 1.20 bits per heavy atom. The zero-order valence-electron chi connectivity index (χ0n) is 11.5. The molecule has 20 heavy (non-hydrogen) atoms. The fourth-order valence-corrected chi connectivity index (χ4v) is 1.41. The third-order valence-corrected chi connectivity index (χ3v) is 2.34. The van der Waals surface area contributed by atoms with Crippen LogP contribution in [-0.4, -0.2) is 25.7 Å². The Hall–Kier alpha value is -2.54. The molecule has 0 saturated carbocycles. The first-order valence-electron chi connectivity index (χ1n) is 6.06. The van der Waals surface area contributed by atoms with Crippen molar-refractivity contribution in [3.8, 4) is 11.8 Å². The first kappa shape index (κ1) is 15.5. The van der Waals surface area contributed by atoms with E-state index in [1.807, 2.05) is 30.3 Å². The third-order valence-electron chi connectivity index (χ3n) is 2.34. The number of carbonyl (C=O) groups is 2. The molecule has 1 rings (SSSR count). The van der Waals surface area contributed by atoms with Crippen LogP contribution in [0.1, 0.15) is 18.9 Å². The molecule has 0 fully saturated rings. The van der Waals surface area contributed by atoms with Crippen LogP contribution in [0, 0.1) is 11.8 Å². The molecule has 1 aromatic rings. The van der Waals surface area contributed by atoms with Gasteiger partial charge in [0.1, 0.15) is 0 Å². The van der Waals surface area contributed by atoms with Crippen molar-refractivity contribution in [2.24, 2.45) is 0 Å². The monoisotopic (exact) mass is 272 g/mol. The van der Waals surface area contributed by atoms with E-state index in [0.29, 0.717) is 5.57 Å². The predicted octanol–water partition coefficient (Wildman–Crippen LogP) is 2.20. The van der Waals surface area contributed by atoms with Gasteiger partial charge in [-0.2, -0.15) is 0 Å². The molecule has 0 aliphatic rings. The van der Waals surface area contributed by atoms with Gasteiger partial charge in [-0.05, 0) is 11.6 Å². The van der Waals surface area contributed by atoms with Gasteiger partial charge in [-0.3, -0.25) is 4.79 Å². The normalized spacial score (nSPS) is 10.2. The number of carbonyl (C=O) groups excluding carboxylic acids is 2. The van der Waals surface area contributed by atoms with Gasteiger partial charge in [0.15, 0.2) is 6.61 Å². The Labute approximate surface area is 118 Å². The molecule has 0 spiro atoms. The highest BCUT2D eigenvalue weighted by atomic mass is 16.5. The molecule has 0 aliphatic carbocycles. The molecule has 0 amide bonds. The lowest BCUT2D eigenvalue weighted by molar-refractivity contribution is -0.139. The van der Waals surface area contributed by atoms with Crippen molar-refractivity contribution >= 4 is 18.0 Å². The Morgan fingerprint density at radius 3 is 2.50 bits per heavy atom. The quantitative estimate of drug-likeness (QED) is 0.479. The van der Waals surface area contributed by atoms with E-state index in [2.05, 4.69) is 16.6 Å². The van der Waals surface area contributed by atoms with Gasteiger partial charge < -0.3 is 9.47 Å². The molecule has 0 heterocycles. The van der Waals surface area contributed by atoms with Crippen LogP contribution >= 0.6 is 0 Å². The topological polar surface area (TPSA) is 52.6 Å². The number of hydrogen-bond acceptors (Lipinski definition) is 4. The highest BCUT2D eigenvalue weighted by Crippen LogP contribution is 2.10. The molecule has 0 bridgehead atoms. The summed E-state index contributed by atoms with van der Waals surface area (Å²) in [5.74, 6) is 4.65. The van der Waals surface area contributed by atoms with Crippen LogP contribution in [0.2, 0.25) is 0 Å². The lowest BCUT2D eigenvalue weighted by Gasteiger charge is -2.01. The summed E-state index contributed by atoms with van der Waals surface area (Å²) in [5, 5.41) is 0. The first-order chi connectivity index (χ1) is 9.63. The molecule has 104 valence electrons. The van der Waals surface area contributed by atoms with Crippen LogP contribution in [0.15, 0.2) is 35.9 Å². The number of esters is 2. The lowest BCUT2D eigenvalue weighted by atomic mass is 10.1. The molecule has 0 atom stereocenters. The molecule has 0 aliphatic heterocycles. The predicted molar refractivity (Wildman–Crippen MR) is 75.5 cm³/mol. The average molecular weight is 272 g/mol. The van der Waals surface area contributed by atoms with Gasteiger partial charge in [0.2, 0.25) is 0 Å². The Morgan fingerprint density at radius 2 is 1.90 bits per heavy atom. The minimum atomic E-state index is -0.421. The summed E-state index contributed by atoms with van der Waals surface area (Å²) >= 11 is 0. The number of methoxy groups -OCH3 is 1. The maximum absolute atomic E-state index is 11.6. The molecular weight excluding hydrogens is 256 g/mol. The van der Waals surface area contributed by atoms with Crippen LogP contribution in [-0.2, 0) is 19.1 Å². The highest BCUT2D eigenvalue weighted by Gasteiger charge is 2.07. The first-order valence-corrected chi connectivity index (χ1v) is 6.06. The van der Waals surface area contributed by atoms with E-state index in [1.165, 1.54) is 14.0 Å². The molecule has 0 radical (unpaired) electrons. The average Bonchev–Trinajstić information content (AvgIpc) is 2.45. The van der Waals surface area contributed by atoms with Crippen LogP contribution in [0.5, 0.6) is 0 Å². The van der Waals surface area contributed by atoms with Crippen molar-refractivity contribution < 1.29 is 19.1 Å². The van der Waals surface area contributed by atoms with Crippen molar-refractivity contribution in [3.63, 3.8) is 0 Å². The summed E-state index contributed by atoms with van der Waals surface area (Å²) in [6, 6.07) is 9.43. The summed E-state index contributed by atoms with van der Waals surface area (Å²) < 4.78 is 9.40. The minimum absolute atomic E-state index is 0.0229. The van der Waals surface area contributed by atoms with E-state index < -0.39 is 5.97 Å². The standard InChI is InChI=1S/C16H16O4/c1-13(17)20-11-7-6-10-15(16(18)19-2)12-14-8-4-3-5-9-14/h3-5,8-9,12H,10-11H2,1-2H3/b15-12+. The van der Waals surface area contributed by atoms with Gasteiger partial charge in [0, 0.05) is 18.9 Å². The van der Waals surface area contributed by atoms with E-state index >= 15 is 0 Å². The van der Waals surface area contributed by atoms with Gasteiger partial charge in [0.25, 0.3) is 0 Å². The maximum Gasteiger partial charge on any atom is 0.334 e. The zero-order valence-corrected chi connectivity index (χ0v) is 11.5. The van der Waals surface area contributed by atoms with Gasteiger partial charge in [-0.25, -0.2) is 4.79 Å². The van der Waals surface area contributed by atoms with Crippen LogP contribution in [0.4, 0.5) is 0 Å². The van der Waals surface area contributed by atoms with Crippen molar-refractivity contribution in [1.29, 1.82) is 0 Å². The van der Waals surface area contributed by atoms with Crippen molar-refractivity contribution in [2.75, 3.05) is 13.7 Å². The van der Waals surface area contributed by atoms with Crippen LogP contribution in [0.3, 0.4) is 0 Å². The van der Waals surface area contributed by atoms with Crippen molar-refractivity contribution in [1.82, 2.24) is 0 Å². The van der Waals surface area contributed by atoms with E-state index in [1.54, 1.807) is 6.08 Å². The summed E-state index contributed by atoms with van der Waals surface area (Å²) in [4.78, 5) is 22.2. The molecule has 0 unspecified atom stereocenters. The Bertz CT molecular complexity index is 547. The van der Waals surface area contributed by atoms with Crippen molar-refractivity contribution in [3.05, 3.63) is 41.5 Å². The fourth-order valence-electron chi connectivity index (χ4n) is 1.41. The molecular formula is C16H16O4. The third kappa shape index (κ3) is 5.87. The molecule has 4 nitrogen and oxygen atoms in total. The van der Waals surface area contributed by atoms with Gasteiger partial charge in [-0.15, -0.1) is 0 Å². The van der Waals surface area contributed by atoms with Crippen LogP contribution < -0.4 is 0 Å². The second kappa shape index (κ2) is 8.54. The SMILES string of the molecule is COC(=O)/C(=C/c1ccccc1)CC#CCOC(C)=O. The fraction of sp³-hybridized carbons (Fsp3) is 0.250. The summed E-state index contributed by atoms with van der Waals surface area (Å²) in [7, 11) is 1.33. The van der Waals surface area contributed by atoms with Gasteiger partial charge >= 0.3 is 11.9 Å². The highest BCUT2D eigenvalue weighted by molar-refractivity contribution is 5.94. The Kier molecular flexibility index (Phi) is 6.63.